The lowest BCUT2D eigenvalue weighted by molar-refractivity contribution is 0.586. The van der Waals surface area contributed by atoms with Crippen molar-refractivity contribution >= 4 is 11.6 Å². The van der Waals surface area contributed by atoms with Gasteiger partial charge in [0, 0.05) is 17.3 Å². The summed E-state index contributed by atoms with van der Waals surface area (Å²) in [6, 6.07) is 2.44. The summed E-state index contributed by atoms with van der Waals surface area (Å²) in [6.45, 7) is 0. The Morgan fingerprint density at radius 1 is 1.29 bits per heavy atom. The summed E-state index contributed by atoms with van der Waals surface area (Å²) in [5.41, 5.74) is 0.759. The molecule has 0 spiro atoms. The standard InChI is InChI=1S/C9H5ClF2N2/c10-8-7(11)2-1-6(9(8)12)5-3-13-14-4-5/h1-4H,(H,13,14). The van der Waals surface area contributed by atoms with E-state index in [2.05, 4.69) is 10.2 Å². The van der Waals surface area contributed by atoms with Gasteiger partial charge in [0.25, 0.3) is 0 Å². The van der Waals surface area contributed by atoms with Gasteiger partial charge in [-0.1, -0.05) is 11.6 Å². The minimum atomic E-state index is -0.770. The van der Waals surface area contributed by atoms with Gasteiger partial charge in [0.15, 0.2) is 5.82 Å². The number of rotatable bonds is 1. The fraction of sp³-hybridized carbons (Fsp3) is 0. The summed E-state index contributed by atoms with van der Waals surface area (Å²) in [4.78, 5) is 0. The minimum Gasteiger partial charge on any atom is -0.285 e. The van der Waals surface area contributed by atoms with Crippen LogP contribution in [0, 0.1) is 11.6 Å². The molecule has 0 atom stereocenters. The Labute approximate surface area is 83.5 Å². The Kier molecular flexibility index (Phi) is 2.21. The first-order valence-corrected chi connectivity index (χ1v) is 4.20. The number of aromatic nitrogens is 2. The van der Waals surface area contributed by atoms with E-state index < -0.39 is 16.7 Å². The molecular weight excluding hydrogens is 210 g/mol. The van der Waals surface area contributed by atoms with Crippen LogP contribution in [0.5, 0.6) is 0 Å². The Balaban J connectivity index is 2.61. The zero-order valence-corrected chi connectivity index (χ0v) is 7.65. The van der Waals surface area contributed by atoms with Crippen molar-refractivity contribution in [2.24, 2.45) is 0 Å². The number of hydrogen-bond donors (Lipinski definition) is 1. The molecule has 0 aliphatic rings. The van der Waals surface area contributed by atoms with E-state index in [1.54, 1.807) is 0 Å². The maximum Gasteiger partial charge on any atom is 0.152 e. The molecule has 1 heterocycles. The van der Waals surface area contributed by atoms with Gasteiger partial charge in [-0.05, 0) is 12.1 Å². The van der Waals surface area contributed by atoms with Crippen molar-refractivity contribution in [1.29, 1.82) is 0 Å². The van der Waals surface area contributed by atoms with E-state index in [4.69, 9.17) is 11.6 Å². The fourth-order valence-electron chi connectivity index (χ4n) is 1.15. The topological polar surface area (TPSA) is 28.7 Å². The van der Waals surface area contributed by atoms with Gasteiger partial charge in [-0.25, -0.2) is 8.78 Å². The summed E-state index contributed by atoms with van der Waals surface area (Å²) in [5, 5.41) is 5.70. The van der Waals surface area contributed by atoms with E-state index in [1.807, 2.05) is 0 Å². The van der Waals surface area contributed by atoms with Crippen LogP contribution in [-0.2, 0) is 0 Å². The molecule has 1 aromatic heterocycles. The van der Waals surface area contributed by atoms with Crippen molar-refractivity contribution < 1.29 is 8.78 Å². The summed E-state index contributed by atoms with van der Waals surface area (Å²) >= 11 is 5.42. The van der Waals surface area contributed by atoms with Crippen molar-refractivity contribution in [2.45, 2.75) is 0 Å². The first-order chi connectivity index (χ1) is 6.70. The summed E-state index contributed by atoms with van der Waals surface area (Å²) in [5.74, 6) is -1.54. The van der Waals surface area contributed by atoms with Crippen LogP contribution in [0.2, 0.25) is 5.02 Å². The third kappa shape index (κ3) is 1.37. The molecule has 0 bridgehead atoms. The number of benzene rings is 1. The second-order valence-electron chi connectivity index (χ2n) is 2.71. The van der Waals surface area contributed by atoms with Gasteiger partial charge in [-0.2, -0.15) is 5.10 Å². The summed E-state index contributed by atoms with van der Waals surface area (Å²) in [6.07, 6.45) is 2.94. The predicted octanol–water partition coefficient (Wildman–Crippen LogP) is 3.01. The van der Waals surface area contributed by atoms with E-state index in [0.29, 0.717) is 5.56 Å². The fourth-order valence-corrected chi connectivity index (χ4v) is 1.31. The highest BCUT2D eigenvalue weighted by atomic mass is 35.5. The van der Waals surface area contributed by atoms with Crippen LogP contribution in [0.15, 0.2) is 24.5 Å². The highest BCUT2D eigenvalue weighted by molar-refractivity contribution is 6.31. The molecule has 2 rings (SSSR count). The lowest BCUT2D eigenvalue weighted by Crippen LogP contribution is -1.87. The van der Waals surface area contributed by atoms with Gasteiger partial charge < -0.3 is 0 Å². The Morgan fingerprint density at radius 2 is 2.07 bits per heavy atom. The Morgan fingerprint density at radius 3 is 2.71 bits per heavy atom. The number of hydrogen-bond acceptors (Lipinski definition) is 1. The minimum absolute atomic E-state index is 0.227. The number of H-pyrrole nitrogens is 1. The Bertz CT molecular complexity index is 454. The third-order valence-electron chi connectivity index (χ3n) is 1.84. The molecule has 2 nitrogen and oxygen atoms in total. The summed E-state index contributed by atoms with van der Waals surface area (Å²) in [7, 11) is 0. The van der Waals surface area contributed by atoms with Crippen molar-refractivity contribution in [3.05, 3.63) is 41.2 Å². The number of halogens is 3. The molecule has 14 heavy (non-hydrogen) atoms. The highest BCUT2D eigenvalue weighted by Gasteiger charge is 2.13. The number of nitrogens with one attached hydrogen (secondary N) is 1. The quantitative estimate of drug-likeness (QED) is 0.727. The molecule has 1 aromatic carbocycles. The lowest BCUT2D eigenvalue weighted by atomic mass is 10.1. The molecule has 0 saturated heterocycles. The smallest absolute Gasteiger partial charge is 0.152 e. The van der Waals surface area contributed by atoms with Crippen LogP contribution in [0.3, 0.4) is 0 Å². The molecule has 72 valence electrons. The van der Waals surface area contributed by atoms with Crippen molar-refractivity contribution in [1.82, 2.24) is 10.2 Å². The van der Waals surface area contributed by atoms with Crippen LogP contribution in [-0.4, -0.2) is 10.2 Å². The monoisotopic (exact) mass is 214 g/mol. The van der Waals surface area contributed by atoms with Crippen LogP contribution in [0.4, 0.5) is 8.78 Å². The zero-order valence-electron chi connectivity index (χ0n) is 6.89. The van der Waals surface area contributed by atoms with Gasteiger partial charge in [0.05, 0.1) is 6.20 Å². The molecular formula is C9H5ClF2N2. The van der Waals surface area contributed by atoms with Crippen LogP contribution < -0.4 is 0 Å². The average Bonchev–Trinajstić information content (AvgIpc) is 2.67. The van der Waals surface area contributed by atoms with E-state index >= 15 is 0 Å². The van der Waals surface area contributed by atoms with Crippen LogP contribution in [0.1, 0.15) is 0 Å². The van der Waals surface area contributed by atoms with E-state index in [1.165, 1.54) is 18.5 Å². The Hall–Kier alpha value is -1.42. The molecule has 0 aliphatic heterocycles. The van der Waals surface area contributed by atoms with Crippen LogP contribution >= 0.6 is 11.6 Å². The third-order valence-corrected chi connectivity index (χ3v) is 2.19. The second kappa shape index (κ2) is 3.38. The molecule has 0 aliphatic carbocycles. The maximum absolute atomic E-state index is 13.4. The normalized spacial score (nSPS) is 10.5. The van der Waals surface area contributed by atoms with Crippen LogP contribution in [0.25, 0.3) is 11.1 Å². The largest absolute Gasteiger partial charge is 0.285 e. The zero-order chi connectivity index (χ0) is 10.1. The van der Waals surface area contributed by atoms with E-state index in [0.717, 1.165) is 6.07 Å². The van der Waals surface area contributed by atoms with Crippen molar-refractivity contribution in [3.8, 4) is 11.1 Å². The van der Waals surface area contributed by atoms with Gasteiger partial charge >= 0.3 is 0 Å². The highest BCUT2D eigenvalue weighted by Crippen LogP contribution is 2.28. The van der Waals surface area contributed by atoms with Gasteiger partial charge in [-0.15, -0.1) is 0 Å². The average molecular weight is 215 g/mol. The molecule has 0 saturated carbocycles. The first kappa shape index (κ1) is 9.15. The van der Waals surface area contributed by atoms with E-state index in [9.17, 15) is 8.78 Å². The lowest BCUT2D eigenvalue weighted by Gasteiger charge is -2.02. The number of aromatic amines is 1. The second-order valence-corrected chi connectivity index (χ2v) is 3.09. The van der Waals surface area contributed by atoms with Gasteiger partial charge in [0.2, 0.25) is 0 Å². The maximum atomic E-state index is 13.4. The molecule has 5 heteroatoms. The van der Waals surface area contributed by atoms with E-state index in [-0.39, 0.29) is 5.56 Å². The molecule has 0 unspecified atom stereocenters. The molecule has 2 aromatic rings. The van der Waals surface area contributed by atoms with Gasteiger partial charge in [0.1, 0.15) is 10.8 Å². The molecule has 1 N–H and O–H groups in total. The number of nitrogens with zero attached hydrogens (tertiary/aromatic N) is 1. The molecule has 0 radical (unpaired) electrons. The van der Waals surface area contributed by atoms with Crippen molar-refractivity contribution in [2.75, 3.05) is 0 Å². The molecule has 0 amide bonds. The summed E-state index contributed by atoms with van der Waals surface area (Å²) < 4.78 is 26.2. The first-order valence-electron chi connectivity index (χ1n) is 3.83. The van der Waals surface area contributed by atoms with Crippen molar-refractivity contribution in [3.63, 3.8) is 0 Å². The predicted molar refractivity (Wildman–Crippen MR) is 48.9 cm³/mol. The molecule has 0 fully saturated rings. The van der Waals surface area contributed by atoms with Gasteiger partial charge in [-0.3, -0.25) is 5.10 Å². The SMILES string of the molecule is Fc1ccc(-c2cn[nH]c2)c(F)c1Cl.